The lowest BCUT2D eigenvalue weighted by Gasteiger charge is -1.96. The maximum Gasteiger partial charge on any atom is 0.264 e. The molecular weight excluding hydrogens is 208 g/mol. The summed E-state index contributed by atoms with van der Waals surface area (Å²) < 4.78 is 29.2. The van der Waals surface area contributed by atoms with Crippen LogP contribution in [0, 0.1) is 0 Å². The molecule has 1 heterocycles. The lowest BCUT2D eigenvalue weighted by molar-refractivity contribution is 0.480. The summed E-state index contributed by atoms with van der Waals surface area (Å²) in [6, 6.07) is 4.00. The zero-order valence-electron chi connectivity index (χ0n) is 7.14. The van der Waals surface area contributed by atoms with Crippen LogP contribution < -0.4 is 0 Å². The van der Waals surface area contributed by atoms with Gasteiger partial charge in [0.05, 0.1) is 5.75 Å². The zero-order chi connectivity index (χ0) is 9.73. The van der Waals surface area contributed by atoms with E-state index in [2.05, 4.69) is 0 Å². The number of rotatable bonds is 5. The minimum atomic E-state index is -3.76. The number of aryl methyl sites for hydroxylation is 1. The monoisotopic (exact) mass is 220 g/mol. The van der Waals surface area contributed by atoms with Crippen molar-refractivity contribution < 1.29 is 13.0 Å². The van der Waals surface area contributed by atoms with Crippen molar-refractivity contribution in [3.8, 4) is 0 Å². The van der Waals surface area contributed by atoms with Gasteiger partial charge in [-0.25, -0.2) is 0 Å². The van der Waals surface area contributed by atoms with Gasteiger partial charge in [0.25, 0.3) is 10.1 Å². The second kappa shape index (κ2) is 4.74. The average Bonchev–Trinajstić information content (AvgIpc) is 2.48. The van der Waals surface area contributed by atoms with Crippen LogP contribution in [-0.2, 0) is 16.5 Å². The molecule has 5 heteroatoms. The minimum absolute atomic E-state index is 0.127. The van der Waals surface area contributed by atoms with Crippen LogP contribution in [0.1, 0.15) is 17.7 Å². The van der Waals surface area contributed by atoms with Gasteiger partial charge in [0, 0.05) is 4.88 Å². The molecule has 1 aromatic heterocycles. The molecule has 13 heavy (non-hydrogen) atoms. The first-order chi connectivity index (χ1) is 6.08. The molecule has 0 atom stereocenters. The Bertz CT molecular complexity index is 326. The van der Waals surface area contributed by atoms with Crippen molar-refractivity contribution in [2.75, 3.05) is 5.75 Å². The molecule has 74 valence electrons. The normalized spacial score (nSPS) is 11.8. The molecule has 0 amide bonds. The second-order valence-corrected chi connectivity index (χ2v) is 5.43. The third kappa shape index (κ3) is 5.02. The Hall–Kier alpha value is -0.390. The Labute approximate surface area is 82.2 Å². The molecular formula is C8H12O3S2. The first-order valence-electron chi connectivity index (χ1n) is 4.05. The van der Waals surface area contributed by atoms with Gasteiger partial charge in [-0.15, -0.1) is 11.3 Å². The predicted octanol–water partition coefficient (Wildman–Crippen LogP) is 1.96. The molecule has 0 aromatic carbocycles. The van der Waals surface area contributed by atoms with Crippen molar-refractivity contribution in [2.45, 2.75) is 19.3 Å². The molecule has 0 saturated heterocycles. The first-order valence-corrected chi connectivity index (χ1v) is 6.54. The molecule has 0 fully saturated rings. The SMILES string of the molecule is O=S(=O)(O)CCCCc1cccs1. The Morgan fingerprint density at radius 3 is 2.69 bits per heavy atom. The largest absolute Gasteiger partial charge is 0.286 e. The van der Waals surface area contributed by atoms with Crippen molar-refractivity contribution in [3.63, 3.8) is 0 Å². The van der Waals surface area contributed by atoms with E-state index in [1.165, 1.54) is 4.88 Å². The second-order valence-electron chi connectivity index (χ2n) is 2.82. The van der Waals surface area contributed by atoms with Crippen molar-refractivity contribution in [1.29, 1.82) is 0 Å². The van der Waals surface area contributed by atoms with Crippen molar-refractivity contribution >= 4 is 21.5 Å². The van der Waals surface area contributed by atoms with E-state index < -0.39 is 10.1 Å². The molecule has 0 bridgehead atoms. The van der Waals surface area contributed by atoms with Crippen LogP contribution >= 0.6 is 11.3 Å². The quantitative estimate of drug-likeness (QED) is 0.609. The standard InChI is InChI=1S/C8H12O3S2/c9-13(10,11)7-2-1-4-8-5-3-6-12-8/h3,5-6H,1-2,4,7H2,(H,9,10,11). The number of hydrogen-bond donors (Lipinski definition) is 1. The summed E-state index contributed by atoms with van der Waals surface area (Å²) >= 11 is 1.67. The maximum absolute atomic E-state index is 10.4. The summed E-state index contributed by atoms with van der Waals surface area (Å²) in [5, 5.41) is 2.00. The van der Waals surface area contributed by atoms with E-state index in [9.17, 15) is 8.42 Å². The van der Waals surface area contributed by atoms with E-state index in [-0.39, 0.29) is 5.75 Å². The third-order valence-corrected chi connectivity index (χ3v) is 3.40. The van der Waals surface area contributed by atoms with Crippen LogP contribution in [0.2, 0.25) is 0 Å². The highest BCUT2D eigenvalue weighted by Crippen LogP contribution is 2.11. The van der Waals surface area contributed by atoms with E-state index in [1.54, 1.807) is 11.3 Å². The van der Waals surface area contributed by atoms with Gasteiger partial charge < -0.3 is 0 Å². The molecule has 0 radical (unpaired) electrons. The molecule has 0 spiro atoms. The fourth-order valence-electron chi connectivity index (χ4n) is 1.04. The Morgan fingerprint density at radius 2 is 2.15 bits per heavy atom. The van der Waals surface area contributed by atoms with E-state index in [0.717, 1.165) is 12.8 Å². The molecule has 1 N–H and O–H groups in total. The summed E-state index contributed by atoms with van der Waals surface area (Å²) in [7, 11) is -3.76. The number of unbranched alkanes of at least 4 members (excludes halogenated alkanes) is 1. The lowest BCUT2D eigenvalue weighted by atomic mass is 10.2. The molecule has 3 nitrogen and oxygen atoms in total. The number of thiophene rings is 1. The van der Waals surface area contributed by atoms with Crippen LogP contribution in [-0.4, -0.2) is 18.7 Å². The van der Waals surface area contributed by atoms with Crippen LogP contribution in [0.25, 0.3) is 0 Å². The summed E-state index contributed by atoms with van der Waals surface area (Å²) in [5.74, 6) is -0.127. The zero-order valence-corrected chi connectivity index (χ0v) is 8.77. The summed E-state index contributed by atoms with van der Waals surface area (Å²) in [4.78, 5) is 1.26. The molecule has 0 aliphatic heterocycles. The number of hydrogen-bond acceptors (Lipinski definition) is 3. The Morgan fingerprint density at radius 1 is 1.38 bits per heavy atom. The smallest absolute Gasteiger partial charge is 0.264 e. The van der Waals surface area contributed by atoms with Gasteiger partial charge in [0.2, 0.25) is 0 Å². The highest BCUT2D eigenvalue weighted by Gasteiger charge is 2.03. The highest BCUT2D eigenvalue weighted by atomic mass is 32.2. The molecule has 0 aliphatic rings. The van der Waals surface area contributed by atoms with Crippen molar-refractivity contribution in [3.05, 3.63) is 22.4 Å². The van der Waals surface area contributed by atoms with E-state index in [4.69, 9.17) is 4.55 Å². The van der Waals surface area contributed by atoms with E-state index >= 15 is 0 Å². The van der Waals surface area contributed by atoms with Crippen LogP contribution in [0.4, 0.5) is 0 Å². The van der Waals surface area contributed by atoms with Crippen molar-refractivity contribution in [1.82, 2.24) is 0 Å². The van der Waals surface area contributed by atoms with E-state index in [0.29, 0.717) is 6.42 Å². The van der Waals surface area contributed by atoms with Crippen LogP contribution in [0.15, 0.2) is 17.5 Å². The summed E-state index contributed by atoms with van der Waals surface area (Å²) in [5.41, 5.74) is 0. The van der Waals surface area contributed by atoms with Gasteiger partial charge in [-0.2, -0.15) is 8.42 Å². The van der Waals surface area contributed by atoms with Gasteiger partial charge in [-0.1, -0.05) is 6.07 Å². The summed E-state index contributed by atoms with van der Waals surface area (Å²) in [6.45, 7) is 0. The van der Waals surface area contributed by atoms with Gasteiger partial charge in [0.15, 0.2) is 0 Å². The topological polar surface area (TPSA) is 54.4 Å². The molecule has 1 aromatic rings. The Kier molecular flexibility index (Phi) is 3.90. The fourth-order valence-corrected chi connectivity index (χ4v) is 2.36. The highest BCUT2D eigenvalue weighted by molar-refractivity contribution is 7.85. The lowest BCUT2D eigenvalue weighted by Crippen LogP contribution is -2.03. The van der Waals surface area contributed by atoms with E-state index in [1.807, 2.05) is 17.5 Å². The molecule has 0 unspecified atom stereocenters. The van der Waals surface area contributed by atoms with Gasteiger partial charge in [-0.05, 0) is 30.7 Å². The minimum Gasteiger partial charge on any atom is -0.286 e. The predicted molar refractivity (Wildman–Crippen MR) is 53.7 cm³/mol. The van der Waals surface area contributed by atoms with Crippen LogP contribution in [0.5, 0.6) is 0 Å². The third-order valence-electron chi connectivity index (χ3n) is 1.66. The van der Waals surface area contributed by atoms with Crippen LogP contribution in [0.3, 0.4) is 0 Å². The Balaban J connectivity index is 2.16. The molecule has 0 aliphatic carbocycles. The van der Waals surface area contributed by atoms with Gasteiger partial charge in [0.1, 0.15) is 0 Å². The first kappa shape index (κ1) is 10.7. The van der Waals surface area contributed by atoms with Crippen molar-refractivity contribution in [2.24, 2.45) is 0 Å². The van der Waals surface area contributed by atoms with Gasteiger partial charge >= 0.3 is 0 Å². The fraction of sp³-hybridized carbons (Fsp3) is 0.500. The maximum atomic E-state index is 10.4. The molecule has 1 rings (SSSR count). The summed E-state index contributed by atoms with van der Waals surface area (Å²) in [6.07, 6.45) is 2.23. The van der Waals surface area contributed by atoms with Gasteiger partial charge in [-0.3, -0.25) is 4.55 Å². The average molecular weight is 220 g/mol. The molecule has 0 saturated carbocycles.